The third kappa shape index (κ3) is 2.66. The molecule has 3 rings (SSSR count). The highest BCUT2D eigenvalue weighted by atomic mass is 35.5. The molecule has 0 spiro atoms. The summed E-state index contributed by atoms with van der Waals surface area (Å²) in [5.41, 5.74) is 3.03. The summed E-state index contributed by atoms with van der Waals surface area (Å²) in [7, 11) is 0. The zero-order chi connectivity index (χ0) is 15.0. The summed E-state index contributed by atoms with van der Waals surface area (Å²) in [6.45, 7) is 2.76. The lowest BCUT2D eigenvalue weighted by molar-refractivity contribution is 0.0678. The molecule has 1 unspecified atom stereocenters. The first kappa shape index (κ1) is 14.4. The Bertz CT molecular complexity index is 699. The van der Waals surface area contributed by atoms with Gasteiger partial charge in [0.1, 0.15) is 0 Å². The average molecular weight is 320 g/mol. The van der Waals surface area contributed by atoms with E-state index in [1.165, 1.54) is 11.1 Å². The second-order valence-corrected chi connectivity index (χ2v) is 6.09. The van der Waals surface area contributed by atoms with Gasteiger partial charge in [-0.3, -0.25) is 4.79 Å². The molecule has 0 saturated carbocycles. The van der Waals surface area contributed by atoms with Crippen molar-refractivity contribution in [1.29, 1.82) is 0 Å². The number of rotatable bonds is 1. The molecule has 2 aromatic rings. The van der Waals surface area contributed by atoms with Gasteiger partial charge in [0.15, 0.2) is 0 Å². The number of carbonyl (C=O) groups excluding carboxylic acids is 1. The fourth-order valence-corrected chi connectivity index (χ4v) is 3.36. The van der Waals surface area contributed by atoms with Gasteiger partial charge in [0, 0.05) is 11.6 Å². The lowest BCUT2D eigenvalue weighted by Gasteiger charge is -2.35. The number of hydrogen-bond acceptors (Lipinski definition) is 1. The van der Waals surface area contributed by atoms with Crippen LogP contribution in [-0.2, 0) is 6.42 Å². The van der Waals surface area contributed by atoms with Crippen LogP contribution >= 0.6 is 23.2 Å². The van der Waals surface area contributed by atoms with E-state index in [1.54, 1.807) is 18.2 Å². The second kappa shape index (κ2) is 5.70. The highest BCUT2D eigenvalue weighted by molar-refractivity contribution is 6.36. The molecule has 0 aromatic heterocycles. The molecule has 1 amide bonds. The SMILES string of the molecule is CC1c2ccccc2CCN1C(=O)c1ccc(Cl)cc1Cl. The van der Waals surface area contributed by atoms with E-state index >= 15 is 0 Å². The van der Waals surface area contributed by atoms with Crippen molar-refractivity contribution in [3.05, 3.63) is 69.2 Å². The molecule has 2 nitrogen and oxygen atoms in total. The fraction of sp³-hybridized carbons (Fsp3) is 0.235. The van der Waals surface area contributed by atoms with Crippen molar-refractivity contribution in [2.45, 2.75) is 19.4 Å². The Labute approximate surface area is 134 Å². The van der Waals surface area contributed by atoms with Gasteiger partial charge in [-0.05, 0) is 42.7 Å². The van der Waals surface area contributed by atoms with Gasteiger partial charge in [-0.15, -0.1) is 0 Å². The maximum absolute atomic E-state index is 12.8. The van der Waals surface area contributed by atoms with Gasteiger partial charge >= 0.3 is 0 Å². The lowest BCUT2D eigenvalue weighted by Crippen LogP contribution is -2.38. The summed E-state index contributed by atoms with van der Waals surface area (Å²) in [5, 5.41) is 0.937. The minimum absolute atomic E-state index is 0.0429. The molecular formula is C17H15Cl2NO. The van der Waals surface area contributed by atoms with Crippen LogP contribution in [0, 0.1) is 0 Å². The number of benzene rings is 2. The monoisotopic (exact) mass is 319 g/mol. The minimum Gasteiger partial charge on any atom is -0.331 e. The number of halogens is 2. The minimum atomic E-state index is -0.0429. The first-order valence-electron chi connectivity index (χ1n) is 6.92. The van der Waals surface area contributed by atoms with Crippen molar-refractivity contribution >= 4 is 29.1 Å². The molecule has 0 aliphatic carbocycles. The van der Waals surface area contributed by atoms with Crippen LogP contribution in [0.4, 0.5) is 0 Å². The van der Waals surface area contributed by atoms with Crippen LogP contribution < -0.4 is 0 Å². The second-order valence-electron chi connectivity index (χ2n) is 5.25. The Kier molecular flexibility index (Phi) is 3.92. The standard InChI is InChI=1S/C17H15Cl2NO/c1-11-14-5-3-2-4-12(14)8-9-20(11)17(21)15-7-6-13(18)10-16(15)19/h2-7,10-11H,8-9H2,1H3. The quantitative estimate of drug-likeness (QED) is 0.742. The van der Waals surface area contributed by atoms with Gasteiger partial charge in [-0.1, -0.05) is 47.5 Å². The molecule has 1 aliphatic heterocycles. The molecule has 1 atom stereocenters. The number of fused-ring (bicyclic) bond motifs is 1. The molecule has 0 radical (unpaired) electrons. The molecule has 4 heteroatoms. The van der Waals surface area contributed by atoms with Crippen molar-refractivity contribution in [3.63, 3.8) is 0 Å². The Morgan fingerprint density at radius 2 is 1.95 bits per heavy atom. The van der Waals surface area contributed by atoms with Crippen molar-refractivity contribution in [3.8, 4) is 0 Å². The zero-order valence-electron chi connectivity index (χ0n) is 11.6. The zero-order valence-corrected chi connectivity index (χ0v) is 13.2. The first-order valence-corrected chi connectivity index (χ1v) is 7.67. The van der Waals surface area contributed by atoms with Crippen LogP contribution in [0.1, 0.15) is 34.5 Å². The van der Waals surface area contributed by atoms with E-state index in [2.05, 4.69) is 19.1 Å². The molecule has 0 N–H and O–H groups in total. The van der Waals surface area contributed by atoms with E-state index in [4.69, 9.17) is 23.2 Å². The highest BCUT2D eigenvalue weighted by Crippen LogP contribution is 2.32. The Morgan fingerprint density at radius 3 is 2.71 bits per heavy atom. The summed E-state index contributed by atoms with van der Waals surface area (Å²) >= 11 is 12.1. The Hall–Kier alpha value is -1.51. The molecule has 2 aromatic carbocycles. The summed E-state index contributed by atoms with van der Waals surface area (Å²) in [6.07, 6.45) is 0.872. The van der Waals surface area contributed by atoms with E-state index in [9.17, 15) is 4.79 Å². The number of nitrogens with zero attached hydrogens (tertiary/aromatic N) is 1. The molecular weight excluding hydrogens is 305 g/mol. The van der Waals surface area contributed by atoms with E-state index in [1.807, 2.05) is 17.0 Å². The van der Waals surface area contributed by atoms with Crippen LogP contribution in [0.3, 0.4) is 0 Å². The fourth-order valence-electron chi connectivity index (χ4n) is 2.87. The largest absolute Gasteiger partial charge is 0.331 e. The average Bonchev–Trinajstić information content (AvgIpc) is 2.47. The van der Waals surface area contributed by atoms with E-state index < -0.39 is 0 Å². The maximum Gasteiger partial charge on any atom is 0.255 e. The maximum atomic E-state index is 12.8. The molecule has 0 saturated heterocycles. The Balaban J connectivity index is 1.93. The number of hydrogen-bond donors (Lipinski definition) is 0. The number of carbonyl (C=O) groups is 1. The van der Waals surface area contributed by atoms with Gasteiger partial charge in [0.2, 0.25) is 0 Å². The van der Waals surface area contributed by atoms with Gasteiger partial charge in [-0.2, -0.15) is 0 Å². The molecule has 108 valence electrons. The molecule has 1 aliphatic rings. The molecule has 21 heavy (non-hydrogen) atoms. The predicted molar refractivity (Wildman–Crippen MR) is 86.1 cm³/mol. The topological polar surface area (TPSA) is 20.3 Å². The van der Waals surface area contributed by atoms with Gasteiger partial charge in [0.25, 0.3) is 5.91 Å². The predicted octanol–water partition coefficient (Wildman–Crippen LogP) is 4.75. The molecule has 0 fully saturated rings. The van der Waals surface area contributed by atoms with Crippen LogP contribution in [0.15, 0.2) is 42.5 Å². The lowest BCUT2D eigenvalue weighted by atomic mass is 9.93. The van der Waals surface area contributed by atoms with Gasteiger partial charge in [-0.25, -0.2) is 0 Å². The summed E-state index contributed by atoms with van der Waals surface area (Å²) in [5.74, 6) is -0.0429. The van der Waals surface area contributed by atoms with Crippen LogP contribution in [0.25, 0.3) is 0 Å². The Morgan fingerprint density at radius 1 is 1.19 bits per heavy atom. The third-order valence-electron chi connectivity index (χ3n) is 4.02. The van der Waals surface area contributed by atoms with Crippen molar-refractivity contribution < 1.29 is 4.79 Å². The van der Waals surface area contributed by atoms with Crippen LogP contribution in [0.2, 0.25) is 10.0 Å². The molecule has 0 bridgehead atoms. The van der Waals surface area contributed by atoms with E-state index in [0.717, 1.165) is 6.42 Å². The summed E-state index contributed by atoms with van der Waals surface area (Å²) < 4.78 is 0. The van der Waals surface area contributed by atoms with Crippen LogP contribution in [0.5, 0.6) is 0 Å². The van der Waals surface area contributed by atoms with Crippen molar-refractivity contribution in [1.82, 2.24) is 4.90 Å². The first-order chi connectivity index (χ1) is 10.1. The van der Waals surface area contributed by atoms with Crippen molar-refractivity contribution in [2.75, 3.05) is 6.54 Å². The third-order valence-corrected chi connectivity index (χ3v) is 4.56. The summed E-state index contributed by atoms with van der Waals surface area (Å²) in [4.78, 5) is 14.6. The van der Waals surface area contributed by atoms with E-state index in [-0.39, 0.29) is 11.9 Å². The number of amides is 1. The van der Waals surface area contributed by atoms with Gasteiger partial charge in [0.05, 0.1) is 16.6 Å². The van der Waals surface area contributed by atoms with E-state index in [0.29, 0.717) is 22.2 Å². The normalized spacial score (nSPS) is 17.5. The highest BCUT2D eigenvalue weighted by Gasteiger charge is 2.28. The van der Waals surface area contributed by atoms with Gasteiger partial charge < -0.3 is 4.90 Å². The molecule has 1 heterocycles. The van der Waals surface area contributed by atoms with Crippen molar-refractivity contribution in [2.24, 2.45) is 0 Å². The smallest absolute Gasteiger partial charge is 0.255 e. The van der Waals surface area contributed by atoms with Crippen LogP contribution in [-0.4, -0.2) is 17.4 Å². The summed E-state index contributed by atoms with van der Waals surface area (Å²) in [6, 6.07) is 13.3.